The van der Waals surface area contributed by atoms with E-state index in [9.17, 15) is 8.78 Å². The Hall–Kier alpha value is -0.750. The Morgan fingerprint density at radius 1 is 1.64 bits per heavy atom. The van der Waals surface area contributed by atoms with Crippen LogP contribution in [0.5, 0.6) is 5.75 Å². The molecular weight excluding hydrogens is 258 g/mol. The highest BCUT2D eigenvalue weighted by atomic mass is 79.9. The summed E-state index contributed by atoms with van der Waals surface area (Å²) in [6.45, 7) is -0.0247. The van der Waals surface area contributed by atoms with Gasteiger partial charge in [-0.2, -0.15) is 0 Å². The van der Waals surface area contributed by atoms with Crippen LogP contribution in [0.15, 0.2) is 10.7 Å². The molecule has 2 N–H and O–H groups in total. The number of nitrogens with two attached hydrogens (primary N) is 1. The highest BCUT2D eigenvalue weighted by Crippen LogP contribution is 2.30. The van der Waals surface area contributed by atoms with Gasteiger partial charge in [0.1, 0.15) is 16.0 Å². The molecule has 1 rings (SSSR count). The molecule has 0 saturated heterocycles. The molecule has 1 aromatic rings. The summed E-state index contributed by atoms with van der Waals surface area (Å²) in [5.74, 6) is 0.324. The van der Waals surface area contributed by atoms with Crippen molar-refractivity contribution >= 4 is 15.9 Å². The van der Waals surface area contributed by atoms with Crippen LogP contribution in [0.4, 0.5) is 8.78 Å². The van der Waals surface area contributed by atoms with Gasteiger partial charge in [-0.05, 0) is 15.9 Å². The van der Waals surface area contributed by atoms with Crippen molar-refractivity contribution in [3.05, 3.63) is 21.9 Å². The van der Waals surface area contributed by atoms with Crippen LogP contribution in [0.2, 0.25) is 0 Å². The zero-order chi connectivity index (χ0) is 10.7. The van der Waals surface area contributed by atoms with Gasteiger partial charge >= 0.3 is 0 Å². The van der Waals surface area contributed by atoms with Gasteiger partial charge in [0.2, 0.25) is 0 Å². The number of rotatable bonds is 3. The minimum Gasteiger partial charge on any atom is -0.496 e. The Kier molecular flexibility index (Phi) is 3.77. The molecule has 1 heterocycles. The summed E-state index contributed by atoms with van der Waals surface area (Å²) in [6, 6.07) is 1.51. The van der Waals surface area contributed by atoms with E-state index in [2.05, 4.69) is 20.9 Å². The molecule has 6 heteroatoms. The maximum absolute atomic E-state index is 12.5. The molecule has 0 unspecified atom stereocenters. The molecule has 0 fully saturated rings. The van der Waals surface area contributed by atoms with E-state index in [1.54, 1.807) is 0 Å². The minimum atomic E-state index is -2.65. The van der Waals surface area contributed by atoms with E-state index < -0.39 is 6.43 Å². The molecule has 0 aliphatic heterocycles. The lowest BCUT2D eigenvalue weighted by Crippen LogP contribution is -2.07. The quantitative estimate of drug-likeness (QED) is 0.854. The number of hydrogen-bond donors (Lipinski definition) is 1. The van der Waals surface area contributed by atoms with Crippen molar-refractivity contribution in [2.45, 2.75) is 13.0 Å². The van der Waals surface area contributed by atoms with E-state index in [-0.39, 0.29) is 17.8 Å². The molecule has 0 amide bonds. The van der Waals surface area contributed by atoms with Crippen molar-refractivity contribution in [1.82, 2.24) is 4.98 Å². The lowest BCUT2D eigenvalue weighted by atomic mass is 10.2. The lowest BCUT2D eigenvalue weighted by Gasteiger charge is -2.11. The van der Waals surface area contributed by atoms with E-state index in [0.717, 1.165) is 0 Å². The molecule has 78 valence electrons. The molecule has 0 aliphatic rings. The minimum absolute atomic E-state index is 0.0247. The largest absolute Gasteiger partial charge is 0.496 e. The average Bonchev–Trinajstić information content (AvgIpc) is 2.16. The van der Waals surface area contributed by atoms with Gasteiger partial charge in [-0.1, -0.05) is 0 Å². The van der Waals surface area contributed by atoms with Crippen LogP contribution in [0, 0.1) is 0 Å². The Morgan fingerprint density at radius 3 is 2.71 bits per heavy atom. The van der Waals surface area contributed by atoms with Crippen LogP contribution in [-0.4, -0.2) is 12.1 Å². The van der Waals surface area contributed by atoms with E-state index in [0.29, 0.717) is 10.4 Å². The summed E-state index contributed by atoms with van der Waals surface area (Å²) in [6.07, 6.45) is -2.65. The standard InChI is InChI=1S/C8H9BrF2N2O/c1-14-5-2-6(9)13-7(8(10)11)4(5)3-12/h2,8H,3,12H2,1H3. The Balaban J connectivity index is 3.31. The molecule has 0 bridgehead atoms. The molecule has 1 aromatic heterocycles. The molecular formula is C8H9BrF2N2O. The summed E-state index contributed by atoms with van der Waals surface area (Å²) >= 11 is 3.02. The van der Waals surface area contributed by atoms with Crippen molar-refractivity contribution in [2.24, 2.45) is 5.73 Å². The SMILES string of the molecule is COc1cc(Br)nc(C(F)F)c1CN. The number of methoxy groups -OCH3 is 1. The fourth-order valence-corrected chi connectivity index (χ4v) is 1.50. The number of alkyl halides is 2. The zero-order valence-electron chi connectivity index (χ0n) is 7.43. The number of pyridine rings is 1. The molecule has 0 spiro atoms. The first-order valence-electron chi connectivity index (χ1n) is 3.81. The monoisotopic (exact) mass is 266 g/mol. The highest BCUT2D eigenvalue weighted by Gasteiger charge is 2.18. The first kappa shape index (κ1) is 11.3. The second-order valence-electron chi connectivity index (χ2n) is 2.52. The van der Waals surface area contributed by atoms with Gasteiger partial charge in [0.15, 0.2) is 0 Å². The third-order valence-electron chi connectivity index (χ3n) is 1.71. The van der Waals surface area contributed by atoms with E-state index >= 15 is 0 Å². The summed E-state index contributed by atoms with van der Waals surface area (Å²) in [5, 5.41) is 0. The number of ether oxygens (including phenoxy) is 1. The smallest absolute Gasteiger partial charge is 0.280 e. The van der Waals surface area contributed by atoms with E-state index in [4.69, 9.17) is 10.5 Å². The number of hydrogen-bond acceptors (Lipinski definition) is 3. The second kappa shape index (κ2) is 4.65. The second-order valence-corrected chi connectivity index (χ2v) is 3.33. The van der Waals surface area contributed by atoms with Crippen molar-refractivity contribution in [2.75, 3.05) is 7.11 Å². The normalized spacial score (nSPS) is 10.7. The maximum Gasteiger partial charge on any atom is 0.280 e. The van der Waals surface area contributed by atoms with Gasteiger partial charge in [-0.3, -0.25) is 0 Å². The van der Waals surface area contributed by atoms with Crippen molar-refractivity contribution in [1.29, 1.82) is 0 Å². The van der Waals surface area contributed by atoms with Gasteiger partial charge in [0, 0.05) is 18.2 Å². The number of halogens is 3. The van der Waals surface area contributed by atoms with Gasteiger partial charge in [0.25, 0.3) is 6.43 Å². The number of aromatic nitrogens is 1. The zero-order valence-corrected chi connectivity index (χ0v) is 9.01. The Bertz CT molecular complexity index is 333. The fourth-order valence-electron chi connectivity index (χ4n) is 1.10. The van der Waals surface area contributed by atoms with Crippen LogP contribution < -0.4 is 10.5 Å². The van der Waals surface area contributed by atoms with Crippen LogP contribution in [0.25, 0.3) is 0 Å². The van der Waals surface area contributed by atoms with Crippen LogP contribution >= 0.6 is 15.9 Å². The molecule has 0 aromatic carbocycles. The summed E-state index contributed by atoms with van der Waals surface area (Å²) in [5.41, 5.74) is 5.25. The molecule has 14 heavy (non-hydrogen) atoms. The Labute approximate surface area is 88.4 Å². The fraction of sp³-hybridized carbons (Fsp3) is 0.375. The van der Waals surface area contributed by atoms with Gasteiger partial charge in [0.05, 0.1) is 7.11 Å². The predicted octanol–water partition coefficient (Wildman–Crippen LogP) is 2.25. The molecule has 0 radical (unpaired) electrons. The number of nitrogens with zero attached hydrogens (tertiary/aromatic N) is 1. The molecule has 3 nitrogen and oxygen atoms in total. The van der Waals surface area contributed by atoms with E-state index in [1.165, 1.54) is 13.2 Å². The molecule has 0 aliphatic carbocycles. The van der Waals surface area contributed by atoms with Crippen LogP contribution in [0.1, 0.15) is 17.7 Å². The van der Waals surface area contributed by atoms with Crippen molar-refractivity contribution in [3.8, 4) is 5.75 Å². The third-order valence-corrected chi connectivity index (χ3v) is 2.12. The topological polar surface area (TPSA) is 48.1 Å². The van der Waals surface area contributed by atoms with Crippen LogP contribution in [-0.2, 0) is 6.54 Å². The van der Waals surface area contributed by atoms with Crippen molar-refractivity contribution in [3.63, 3.8) is 0 Å². The first-order chi connectivity index (χ1) is 6.60. The summed E-state index contributed by atoms with van der Waals surface area (Å²) in [7, 11) is 1.40. The summed E-state index contributed by atoms with van der Waals surface area (Å²) < 4.78 is 30.3. The van der Waals surface area contributed by atoms with Gasteiger partial charge < -0.3 is 10.5 Å². The lowest BCUT2D eigenvalue weighted by molar-refractivity contribution is 0.144. The van der Waals surface area contributed by atoms with Crippen LogP contribution in [0.3, 0.4) is 0 Å². The predicted molar refractivity (Wildman–Crippen MR) is 51.3 cm³/mol. The maximum atomic E-state index is 12.5. The third kappa shape index (κ3) is 2.19. The highest BCUT2D eigenvalue weighted by molar-refractivity contribution is 9.10. The van der Waals surface area contributed by atoms with E-state index in [1.807, 2.05) is 0 Å². The Morgan fingerprint density at radius 2 is 2.29 bits per heavy atom. The molecule has 0 atom stereocenters. The van der Waals surface area contributed by atoms with Gasteiger partial charge in [-0.15, -0.1) is 0 Å². The summed E-state index contributed by atoms with van der Waals surface area (Å²) in [4.78, 5) is 3.66. The molecule has 0 saturated carbocycles. The first-order valence-corrected chi connectivity index (χ1v) is 4.61. The average molecular weight is 267 g/mol. The van der Waals surface area contributed by atoms with Gasteiger partial charge in [-0.25, -0.2) is 13.8 Å². The van der Waals surface area contributed by atoms with Crippen molar-refractivity contribution < 1.29 is 13.5 Å².